The van der Waals surface area contributed by atoms with Gasteiger partial charge in [0.05, 0.1) is 24.1 Å². The molecule has 0 unspecified atom stereocenters. The number of carbonyl (C=O) groups is 2. The van der Waals surface area contributed by atoms with Gasteiger partial charge in [-0.1, -0.05) is 22.0 Å². The zero-order valence-corrected chi connectivity index (χ0v) is 19.5. The molecule has 1 N–H and O–H groups in total. The molecule has 31 heavy (non-hydrogen) atoms. The third-order valence-corrected chi connectivity index (χ3v) is 6.66. The smallest absolute Gasteiger partial charge is 0.359 e. The summed E-state index contributed by atoms with van der Waals surface area (Å²) in [6, 6.07) is 10.7. The summed E-state index contributed by atoms with van der Waals surface area (Å²) in [5, 5.41) is 11.6. The number of hydrogen-bond donors (Lipinski definition) is 1. The van der Waals surface area contributed by atoms with E-state index >= 15 is 0 Å². The number of rotatable bonds is 6. The number of benzene rings is 1. The van der Waals surface area contributed by atoms with Crippen LogP contribution in [-0.2, 0) is 16.0 Å². The molecular weight excluding hydrogens is 502 g/mol. The largest absolute Gasteiger partial charge is 0.461 e. The number of fused-ring (bicyclic) bond motifs is 1. The van der Waals surface area contributed by atoms with Crippen molar-refractivity contribution in [3.05, 3.63) is 72.6 Å². The molecule has 0 aliphatic heterocycles. The second-order valence-electron chi connectivity index (χ2n) is 6.42. The minimum atomic E-state index is -0.632. The molecule has 0 radical (unpaired) electrons. The Morgan fingerprint density at radius 3 is 2.65 bits per heavy atom. The number of nitrogens with one attached hydrogen (secondary N) is 1. The lowest BCUT2D eigenvalue weighted by Crippen LogP contribution is -2.25. The fourth-order valence-corrected chi connectivity index (χ4v) is 4.91. The highest BCUT2D eigenvalue weighted by Gasteiger charge is 2.23. The van der Waals surface area contributed by atoms with Gasteiger partial charge < -0.3 is 10.1 Å². The van der Waals surface area contributed by atoms with Crippen molar-refractivity contribution in [3.8, 4) is 5.69 Å². The van der Waals surface area contributed by atoms with Crippen LogP contribution in [0, 0.1) is 0 Å². The molecule has 0 aliphatic rings. The van der Waals surface area contributed by atoms with Gasteiger partial charge in [0.25, 0.3) is 5.56 Å². The highest BCUT2D eigenvalue weighted by atomic mass is 79.9. The molecule has 1 aromatic carbocycles. The van der Waals surface area contributed by atoms with E-state index in [0.717, 1.165) is 14.0 Å². The number of anilines is 1. The number of halogens is 1. The van der Waals surface area contributed by atoms with Gasteiger partial charge in [0.1, 0.15) is 5.00 Å². The average molecular weight is 518 g/mol. The second kappa shape index (κ2) is 9.13. The SMILES string of the molecule is CCOC(=O)c1nn(-c2ccc(Br)cc2)c(=O)c2c(NC(=O)Cc3cccs3)scc12. The predicted octanol–water partition coefficient (Wildman–Crippen LogP) is 4.63. The Bertz CT molecular complexity index is 1310. The lowest BCUT2D eigenvalue weighted by atomic mass is 10.2. The average Bonchev–Trinajstić information content (AvgIpc) is 3.40. The van der Waals surface area contributed by atoms with E-state index in [9.17, 15) is 14.4 Å². The van der Waals surface area contributed by atoms with Gasteiger partial charge in [-0.25, -0.2) is 4.79 Å². The number of aromatic nitrogens is 2. The molecular formula is C21H16BrN3O4S2. The fourth-order valence-electron chi connectivity index (χ4n) is 2.99. The molecule has 0 fully saturated rings. The number of esters is 1. The van der Waals surface area contributed by atoms with Crippen LogP contribution in [-0.4, -0.2) is 28.3 Å². The van der Waals surface area contributed by atoms with Crippen molar-refractivity contribution in [2.75, 3.05) is 11.9 Å². The first-order valence-electron chi connectivity index (χ1n) is 9.27. The van der Waals surface area contributed by atoms with E-state index in [2.05, 4.69) is 26.3 Å². The van der Waals surface area contributed by atoms with Crippen LogP contribution in [0.25, 0.3) is 16.5 Å². The molecule has 3 heterocycles. The molecule has 0 bridgehead atoms. The van der Waals surface area contributed by atoms with E-state index in [-0.39, 0.29) is 30.0 Å². The molecule has 0 aliphatic carbocycles. The molecule has 7 nitrogen and oxygen atoms in total. The van der Waals surface area contributed by atoms with Crippen molar-refractivity contribution in [2.24, 2.45) is 0 Å². The lowest BCUT2D eigenvalue weighted by Gasteiger charge is -2.10. The van der Waals surface area contributed by atoms with Crippen molar-refractivity contribution < 1.29 is 14.3 Å². The quantitative estimate of drug-likeness (QED) is 0.376. The van der Waals surface area contributed by atoms with E-state index in [1.54, 1.807) is 36.6 Å². The van der Waals surface area contributed by atoms with Crippen LogP contribution >= 0.6 is 38.6 Å². The number of carbonyl (C=O) groups excluding carboxylic acids is 2. The molecule has 0 spiro atoms. The van der Waals surface area contributed by atoms with Gasteiger partial charge in [0.15, 0.2) is 5.69 Å². The van der Waals surface area contributed by atoms with Gasteiger partial charge in [-0.2, -0.15) is 9.78 Å². The fraction of sp³-hybridized carbons (Fsp3) is 0.143. The van der Waals surface area contributed by atoms with Gasteiger partial charge in [-0.3, -0.25) is 9.59 Å². The van der Waals surface area contributed by atoms with Crippen molar-refractivity contribution >= 4 is 66.3 Å². The summed E-state index contributed by atoms with van der Waals surface area (Å²) < 4.78 is 7.14. The molecule has 4 aromatic rings. The normalized spacial score (nSPS) is 10.9. The molecule has 4 rings (SSSR count). The Kier molecular flexibility index (Phi) is 6.30. The highest BCUT2D eigenvalue weighted by molar-refractivity contribution is 9.10. The molecule has 1 amide bonds. The molecule has 0 saturated carbocycles. The Balaban J connectivity index is 1.83. The van der Waals surface area contributed by atoms with Gasteiger partial charge in [-0.15, -0.1) is 22.7 Å². The molecule has 0 saturated heterocycles. The van der Waals surface area contributed by atoms with E-state index in [4.69, 9.17) is 4.74 Å². The standard InChI is InChI=1S/C21H16BrN3O4S2/c1-2-29-21(28)18-15-11-31-19(23-16(26)10-14-4-3-9-30-14)17(15)20(27)25(24-18)13-7-5-12(22)6-8-13/h3-9,11H,2,10H2,1H3,(H,23,26). The lowest BCUT2D eigenvalue weighted by molar-refractivity contribution is -0.115. The number of thiophene rings is 2. The first-order chi connectivity index (χ1) is 15.0. The molecule has 0 atom stereocenters. The summed E-state index contributed by atoms with van der Waals surface area (Å²) in [4.78, 5) is 39.3. The van der Waals surface area contributed by atoms with Crippen LogP contribution in [0.4, 0.5) is 5.00 Å². The van der Waals surface area contributed by atoms with E-state index in [0.29, 0.717) is 16.1 Å². The van der Waals surface area contributed by atoms with Crippen molar-refractivity contribution in [3.63, 3.8) is 0 Å². The summed E-state index contributed by atoms with van der Waals surface area (Å²) in [5.41, 5.74) is 0.0788. The number of ether oxygens (including phenoxy) is 1. The monoisotopic (exact) mass is 517 g/mol. The third-order valence-electron chi connectivity index (χ3n) is 4.36. The topological polar surface area (TPSA) is 90.3 Å². The van der Waals surface area contributed by atoms with Gasteiger partial charge >= 0.3 is 5.97 Å². The van der Waals surface area contributed by atoms with Crippen LogP contribution in [0.5, 0.6) is 0 Å². The number of hydrogen-bond acceptors (Lipinski definition) is 7. The Labute approximate surface area is 193 Å². The molecule has 158 valence electrons. The summed E-state index contributed by atoms with van der Waals surface area (Å²) >= 11 is 6.03. The van der Waals surface area contributed by atoms with E-state index in [1.807, 2.05) is 17.5 Å². The first-order valence-corrected chi connectivity index (χ1v) is 11.8. The van der Waals surface area contributed by atoms with Crippen molar-refractivity contribution in [2.45, 2.75) is 13.3 Å². The maximum absolute atomic E-state index is 13.3. The summed E-state index contributed by atoms with van der Waals surface area (Å²) in [5.74, 6) is -0.872. The van der Waals surface area contributed by atoms with Gasteiger partial charge in [-0.05, 0) is 42.6 Å². The second-order valence-corrected chi connectivity index (χ2v) is 9.25. The minimum absolute atomic E-state index is 0.0226. The van der Waals surface area contributed by atoms with Crippen LogP contribution in [0.15, 0.2) is 56.4 Å². The zero-order valence-electron chi connectivity index (χ0n) is 16.3. The minimum Gasteiger partial charge on any atom is -0.461 e. The van der Waals surface area contributed by atoms with Crippen LogP contribution in [0.1, 0.15) is 22.3 Å². The Morgan fingerprint density at radius 2 is 1.97 bits per heavy atom. The Hall–Kier alpha value is -2.82. The first kappa shape index (κ1) is 21.4. The van der Waals surface area contributed by atoms with Gasteiger partial charge in [0, 0.05) is 20.1 Å². The number of amides is 1. The summed E-state index contributed by atoms with van der Waals surface area (Å²) in [6.07, 6.45) is 0.202. The van der Waals surface area contributed by atoms with E-state index in [1.165, 1.54) is 22.7 Å². The maximum atomic E-state index is 13.3. The number of nitrogens with zero attached hydrogens (tertiary/aromatic N) is 2. The molecule has 3 aromatic heterocycles. The zero-order chi connectivity index (χ0) is 22.0. The highest BCUT2D eigenvalue weighted by Crippen LogP contribution is 2.31. The summed E-state index contributed by atoms with van der Waals surface area (Å²) in [7, 11) is 0. The maximum Gasteiger partial charge on any atom is 0.359 e. The predicted molar refractivity (Wildman–Crippen MR) is 126 cm³/mol. The third kappa shape index (κ3) is 4.46. The van der Waals surface area contributed by atoms with Gasteiger partial charge in [0.2, 0.25) is 5.91 Å². The van der Waals surface area contributed by atoms with Crippen molar-refractivity contribution in [1.29, 1.82) is 0 Å². The van der Waals surface area contributed by atoms with Crippen LogP contribution in [0.2, 0.25) is 0 Å². The van der Waals surface area contributed by atoms with Crippen LogP contribution < -0.4 is 10.9 Å². The van der Waals surface area contributed by atoms with Crippen molar-refractivity contribution in [1.82, 2.24) is 9.78 Å². The van der Waals surface area contributed by atoms with Crippen LogP contribution in [0.3, 0.4) is 0 Å². The van der Waals surface area contributed by atoms with E-state index < -0.39 is 11.5 Å². The summed E-state index contributed by atoms with van der Waals surface area (Å²) in [6.45, 7) is 1.87. The Morgan fingerprint density at radius 1 is 1.19 bits per heavy atom. The molecule has 10 heteroatoms.